The monoisotopic (exact) mass is 295 g/mol. The average Bonchev–Trinajstić information content (AvgIpc) is 2.92. The Balaban J connectivity index is 2.29. The minimum Gasteiger partial charge on any atom is -0.480 e. The van der Waals surface area contributed by atoms with Gasteiger partial charge in [-0.2, -0.15) is 0 Å². The lowest BCUT2D eigenvalue weighted by molar-refractivity contribution is -0.138. The SMILES string of the molecule is Cc1c(Cl)cccc1C(=O)N(CC(=O)O)C1CCCC1. The molecular formula is C15H18ClNO3. The summed E-state index contributed by atoms with van der Waals surface area (Å²) in [6.45, 7) is 1.53. The fourth-order valence-electron chi connectivity index (χ4n) is 2.72. The van der Waals surface area contributed by atoms with Crippen LogP contribution in [-0.2, 0) is 4.79 Å². The van der Waals surface area contributed by atoms with Gasteiger partial charge in [0.25, 0.3) is 5.91 Å². The van der Waals surface area contributed by atoms with Gasteiger partial charge in [-0.1, -0.05) is 30.5 Å². The van der Waals surface area contributed by atoms with E-state index in [0.29, 0.717) is 16.1 Å². The fraction of sp³-hybridized carbons (Fsp3) is 0.467. The second kappa shape index (κ2) is 6.27. The van der Waals surface area contributed by atoms with Crippen molar-refractivity contribution in [3.63, 3.8) is 0 Å². The lowest BCUT2D eigenvalue weighted by atomic mass is 10.1. The first kappa shape index (κ1) is 14.9. The quantitative estimate of drug-likeness (QED) is 0.928. The lowest BCUT2D eigenvalue weighted by Crippen LogP contribution is -2.42. The molecule has 1 aliphatic carbocycles. The van der Waals surface area contributed by atoms with E-state index < -0.39 is 5.97 Å². The normalized spacial score (nSPS) is 15.3. The number of carbonyl (C=O) groups is 2. The molecule has 1 aliphatic rings. The summed E-state index contributed by atoms with van der Waals surface area (Å²) in [7, 11) is 0. The van der Waals surface area contributed by atoms with Crippen molar-refractivity contribution in [2.75, 3.05) is 6.54 Å². The Hall–Kier alpha value is -1.55. The second-order valence-electron chi connectivity index (χ2n) is 5.18. The Labute approximate surface area is 123 Å². The molecule has 1 fully saturated rings. The number of carboxylic acids is 1. The molecule has 0 spiro atoms. The molecule has 1 aromatic carbocycles. The molecule has 0 heterocycles. The van der Waals surface area contributed by atoms with Crippen molar-refractivity contribution < 1.29 is 14.7 Å². The summed E-state index contributed by atoms with van der Waals surface area (Å²) in [5.74, 6) is -1.22. The van der Waals surface area contributed by atoms with Gasteiger partial charge in [0.2, 0.25) is 0 Å². The van der Waals surface area contributed by atoms with Crippen LogP contribution in [0.4, 0.5) is 0 Å². The zero-order valence-corrected chi connectivity index (χ0v) is 12.2. The zero-order chi connectivity index (χ0) is 14.7. The first-order chi connectivity index (χ1) is 9.50. The van der Waals surface area contributed by atoms with Gasteiger partial charge in [0.15, 0.2) is 0 Å². The van der Waals surface area contributed by atoms with E-state index in [4.69, 9.17) is 16.7 Å². The van der Waals surface area contributed by atoms with Gasteiger partial charge in [0.1, 0.15) is 6.54 Å². The standard InChI is InChI=1S/C15H18ClNO3/c1-10-12(7-4-8-13(10)16)15(20)17(9-14(18)19)11-5-2-3-6-11/h4,7-8,11H,2-3,5-6,9H2,1H3,(H,18,19). The first-order valence-corrected chi connectivity index (χ1v) is 7.16. The number of amides is 1. The Kier molecular flexibility index (Phi) is 4.65. The van der Waals surface area contributed by atoms with Crippen molar-refractivity contribution in [2.45, 2.75) is 38.6 Å². The highest BCUT2D eigenvalue weighted by molar-refractivity contribution is 6.31. The highest BCUT2D eigenvalue weighted by Gasteiger charge is 2.29. The molecule has 20 heavy (non-hydrogen) atoms. The van der Waals surface area contributed by atoms with Crippen molar-refractivity contribution in [2.24, 2.45) is 0 Å². The molecule has 0 radical (unpaired) electrons. The zero-order valence-electron chi connectivity index (χ0n) is 11.4. The summed E-state index contributed by atoms with van der Waals surface area (Å²) < 4.78 is 0. The van der Waals surface area contributed by atoms with Crippen LogP contribution in [-0.4, -0.2) is 34.5 Å². The minimum absolute atomic E-state index is 0.0250. The Morgan fingerprint density at radius 1 is 1.35 bits per heavy atom. The van der Waals surface area contributed by atoms with Crippen LogP contribution in [0.1, 0.15) is 41.6 Å². The largest absolute Gasteiger partial charge is 0.480 e. The molecule has 0 bridgehead atoms. The lowest BCUT2D eigenvalue weighted by Gasteiger charge is -2.28. The Morgan fingerprint density at radius 2 is 2.00 bits per heavy atom. The third-order valence-corrected chi connectivity index (χ3v) is 4.24. The Bertz CT molecular complexity index is 524. The molecule has 0 unspecified atom stereocenters. The fourth-order valence-corrected chi connectivity index (χ4v) is 2.90. The molecule has 0 atom stereocenters. The highest BCUT2D eigenvalue weighted by atomic mass is 35.5. The average molecular weight is 296 g/mol. The molecular weight excluding hydrogens is 278 g/mol. The topological polar surface area (TPSA) is 57.6 Å². The van der Waals surface area contributed by atoms with Crippen molar-refractivity contribution in [1.82, 2.24) is 4.90 Å². The van der Waals surface area contributed by atoms with E-state index in [0.717, 1.165) is 25.7 Å². The van der Waals surface area contributed by atoms with E-state index in [1.54, 1.807) is 25.1 Å². The molecule has 1 saturated carbocycles. The number of carbonyl (C=O) groups excluding carboxylic acids is 1. The van der Waals surface area contributed by atoms with Gasteiger partial charge in [-0.15, -0.1) is 0 Å². The summed E-state index contributed by atoms with van der Waals surface area (Å²) >= 11 is 6.04. The van der Waals surface area contributed by atoms with Crippen LogP contribution >= 0.6 is 11.6 Å². The molecule has 5 heteroatoms. The number of nitrogens with zero attached hydrogens (tertiary/aromatic N) is 1. The van der Waals surface area contributed by atoms with Crippen molar-refractivity contribution in [3.8, 4) is 0 Å². The molecule has 1 amide bonds. The van der Waals surface area contributed by atoms with E-state index in [1.165, 1.54) is 4.90 Å². The molecule has 1 N–H and O–H groups in total. The molecule has 0 aliphatic heterocycles. The number of carboxylic acid groups (broad SMARTS) is 1. The summed E-state index contributed by atoms with van der Waals surface area (Å²) in [6.07, 6.45) is 3.84. The van der Waals surface area contributed by atoms with Crippen LogP contribution in [0.2, 0.25) is 5.02 Å². The summed E-state index contributed by atoms with van der Waals surface area (Å²) in [6, 6.07) is 5.17. The number of halogens is 1. The third kappa shape index (κ3) is 3.12. The van der Waals surface area contributed by atoms with Gasteiger partial charge in [0.05, 0.1) is 0 Å². The van der Waals surface area contributed by atoms with E-state index in [-0.39, 0.29) is 18.5 Å². The van der Waals surface area contributed by atoms with Crippen molar-refractivity contribution in [3.05, 3.63) is 34.3 Å². The van der Waals surface area contributed by atoms with Gasteiger partial charge < -0.3 is 10.0 Å². The maximum absolute atomic E-state index is 12.6. The van der Waals surface area contributed by atoms with E-state index in [1.807, 2.05) is 0 Å². The second-order valence-corrected chi connectivity index (χ2v) is 5.58. The van der Waals surface area contributed by atoms with Crippen molar-refractivity contribution >= 4 is 23.5 Å². The number of hydrogen-bond donors (Lipinski definition) is 1. The molecule has 4 nitrogen and oxygen atoms in total. The number of rotatable bonds is 4. The molecule has 108 valence electrons. The highest BCUT2D eigenvalue weighted by Crippen LogP contribution is 2.27. The third-order valence-electron chi connectivity index (χ3n) is 3.83. The van der Waals surface area contributed by atoms with Crippen LogP contribution in [0.15, 0.2) is 18.2 Å². The molecule has 2 rings (SSSR count). The molecule has 1 aromatic rings. The summed E-state index contributed by atoms with van der Waals surface area (Å²) in [5, 5.41) is 9.57. The predicted molar refractivity (Wildman–Crippen MR) is 77.1 cm³/mol. The van der Waals surface area contributed by atoms with Gasteiger partial charge in [-0.25, -0.2) is 0 Å². The van der Waals surface area contributed by atoms with E-state index >= 15 is 0 Å². The van der Waals surface area contributed by atoms with Crippen molar-refractivity contribution in [1.29, 1.82) is 0 Å². The van der Waals surface area contributed by atoms with E-state index in [2.05, 4.69) is 0 Å². The van der Waals surface area contributed by atoms with Crippen LogP contribution in [0.3, 0.4) is 0 Å². The molecule has 0 aromatic heterocycles. The summed E-state index contributed by atoms with van der Waals surface area (Å²) in [5.41, 5.74) is 1.19. The maximum atomic E-state index is 12.6. The van der Waals surface area contributed by atoms with Gasteiger partial charge >= 0.3 is 5.97 Å². The number of hydrogen-bond acceptors (Lipinski definition) is 2. The molecule has 0 saturated heterocycles. The number of aliphatic carboxylic acids is 1. The predicted octanol–water partition coefficient (Wildman–Crippen LogP) is 3.12. The van der Waals surface area contributed by atoms with E-state index in [9.17, 15) is 9.59 Å². The van der Waals surface area contributed by atoms with Gasteiger partial charge in [-0.05, 0) is 37.5 Å². The van der Waals surface area contributed by atoms with Gasteiger partial charge in [0, 0.05) is 16.6 Å². The van der Waals surface area contributed by atoms with Crippen LogP contribution < -0.4 is 0 Å². The maximum Gasteiger partial charge on any atom is 0.323 e. The Morgan fingerprint density at radius 3 is 2.60 bits per heavy atom. The van der Waals surface area contributed by atoms with Crippen LogP contribution in [0, 0.1) is 6.92 Å². The van der Waals surface area contributed by atoms with Crippen LogP contribution in [0.5, 0.6) is 0 Å². The minimum atomic E-state index is -0.982. The summed E-state index contributed by atoms with van der Waals surface area (Å²) in [4.78, 5) is 25.2. The number of benzene rings is 1. The van der Waals surface area contributed by atoms with Gasteiger partial charge in [-0.3, -0.25) is 9.59 Å². The van der Waals surface area contributed by atoms with Crippen LogP contribution in [0.25, 0.3) is 0 Å². The first-order valence-electron chi connectivity index (χ1n) is 6.78. The smallest absolute Gasteiger partial charge is 0.323 e.